The predicted octanol–water partition coefficient (Wildman–Crippen LogP) is 2.43. The minimum Gasteiger partial charge on any atom is -0.361 e. The molecule has 0 aliphatic carbocycles. The molecule has 0 saturated heterocycles. The highest BCUT2D eigenvalue weighted by Crippen LogP contribution is 2.16. The normalized spacial score (nSPS) is 15.7. The van der Waals surface area contributed by atoms with E-state index in [1.807, 2.05) is 44.2 Å². The molecule has 6 nitrogen and oxygen atoms in total. The molecule has 1 radical (unpaired) electrons. The van der Waals surface area contributed by atoms with E-state index in [9.17, 15) is 0 Å². The molecule has 0 unspecified atom stereocenters. The van der Waals surface area contributed by atoms with Crippen LogP contribution in [-0.2, 0) is 0 Å². The molecule has 20 heavy (non-hydrogen) atoms. The smallest absolute Gasteiger partial charge is 0.145 e. The summed E-state index contributed by atoms with van der Waals surface area (Å²) in [5, 5.41) is 16.0. The zero-order valence-corrected chi connectivity index (χ0v) is 11.1. The zero-order chi connectivity index (χ0) is 13.9. The molecule has 3 rings (SSSR count). The van der Waals surface area contributed by atoms with Gasteiger partial charge in [0, 0.05) is 0 Å². The molecule has 1 aliphatic heterocycles. The fraction of sp³-hybridized carbons (Fsp3) is 0.143. The minimum atomic E-state index is 0.531. The Labute approximate surface area is 115 Å². The summed E-state index contributed by atoms with van der Waals surface area (Å²) in [7, 11) is 0. The Morgan fingerprint density at radius 2 is 2.00 bits per heavy atom. The summed E-state index contributed by atoms with van der Waals surface area (Å²) < 4.78 is 5.14. The summed E-state index contributed by atoms with van der Waals surface area (Å²) in [6, 6.07) is 9.64. The molecular formula is C14H12N5O. The number of hydrazone groups is 1. The van der Waals surface area contributed by atoms with Crippen LogP contribution in [0.4, 0.5) is 5.69 Å². The number of nitrogens with one attached hydrogen (secondary N) is 1. The minimum absolute atomic E-state index is 0.531. The van der Waals surface area contributed by atoms with Gasteiger partial charge in [0.1, 0.15) is 23.4 Å². The Balaban J connectivity index is 1.87. The highest BCUT2D eigenvalue weighted by Gasteiger charge is 2.23. The molecule has 6 heteroatoms. The number of hydrogen-bond acceptors (Lipinski definition) is 6. The van der Waals surface area contributed by atoms with E-state index < -0.39 is 0 Å². The summed E-state index contributed by atoms with van der Waals surface area (Å²) >= 11 is 0. The van der Waals surface area contributed by atoms with E-state index in [1.54, 1.807) is 0 Å². The number of rotatable bonds is 3. The molecule has 2 heterocycles. The lowest BCUT2D eigenvalue weighted by atomic mass is 10.1. The van der Waals surface area contributed by atoms with Crippen molar-refractivity contribution < 1.29 is 4.52 Å². The van der Waals surface area contributed by atoms with E-state index in [0.29, 0.717) is 17.2 Å². The van der Waals surface area contributed by atoms with E-state index in [2.05, 4.69) is 32.1 Å². The Bertz CT molecular complexity index is 693. The van der Waals surface area contributed by atoms with Gasteiger partial charge in [-0.25, -0.2) is 0 Å². The SMILES string of the molecule is Cc1noc(C)c1C1=NN=[C]C1=NNc1ccccc1. The molecule has 1 aliphatic rings. The number of benzene rings is 1. The second kappa shape index (κ2) is 5.08. The van der Waals surface area contributed by atoms with Crippen molar-refractivity contribution in [3.63, 3.8) is 0 Å². The average molecular weight is 266 g/mol. The topological polar surface area (TPSA) is 75.1 Å². The second-order valence-electron chi connectivity index (χ2n) is 4.30. The summed E-state index contributed by atoms with van der Waals surface area (Å²) in [5.74, 6) is 0.688. The van der Waals surface area contributed by atoms with Gasteiger partial charge in [0.05, 0.1) is 16.9 Å². The first kappa shape index (κ1) is 12.3. The van der Waals surface area contributed by atoms with Crippen molar-refractivity contribution in [2.75, 3.05) is 5.43 Å². The van der Waals surface area contributed by atoms with Gasteiger partial charge >= 0.3 is 0 Å². The molecule has 99 valence electrons. The van der Waals surface area contributed by atoms with Gasteiger partial charge < -0.3 is 4.52 Å². The highest BCUT2D eigenvalue weighted by atomic mass is 16.5. The molecule has 0 saturated carbocycles. The maximum Gasteiger partial charge on any atom is 0.145 e. The van der Waals surface area contributed by atoms with Gasteiger partial charge in [-0.15, -0.1) is 10.2 Å². The van der Waals surface area contributed by atoms with Gasteiger partial charge in [0.2, 0.25) is 0 Å². The molecule has 1 aromatic carbocycles. The van der Waals surface area contributed by atoms with Crippen LogP contribution in [0, 0.1) is 13.8 Å². The van der Waals surface area contributed by atoms with Gasteiger partial charge in [-0.1, -0.05) is 23.4 Å². The molecule has 1 N–H and O–H groups in total. The van der Waals surface area contributed by atoms with Crippen LogP contribution in [0.1, 0.15) is 17.0 Å². The molecule has 0 atom stereocenters. The van der Waals surface area contributed by atoms with Crippen molar-refractivity contribution in [1.29, 1.82) is 0 Å². The number of anilines is 1. The first-order chi connectivity index (χ1) is 9.75. The van der Waals surface area contributed by atoms with Gasteiger partial charge in [0.25, 0.3) is 0 Å². The molecular weight excluding hydrogens is 254 g/mol. The quantitative estimate of drug-likeness (QED) is 0.867. The van der Waals surface area contributed by atoms with Crippen LogP contribution in [0.2, 0.25) is 0 Å². The van der Waals surface area contributed by atoms with E-state index >= 15 is 0 Å². The number of para-hydroxylation sites is 1. The van der Waals surface area contributed by atoms with Crippen LogP contribution in [0.25, 0.3) is 0 Å². The van der Waals surface area contributed by atoms with Crippen molar-refractivity contribution in [1.82, 2.24) is 5.16 Å². The van der Waals surface area contributed by atoms with Crippen molar-refractivity contribution in [3.05, 3.63) is 47.3 Å². The third kappa shape index (κ3) is 2.23. The van der Waals surface area contributed by atoms with E-state index in [1.165, 1.54) is 0 Å². The fourth-order valence-electron chi connectivity index (χ4n) is 1.92. The molecule has 1 aromatic heterocycles. The van der Waals surface area contributed by atoms with Gasteiger partial charge in [-0.05, 0) is 26.0 Å². The molecule has 0 fully saturated rings. The van der Waals surface area contributed by atoms with Gasteiger partial charge in [-0.3, -0.25) is 5.43 Å². The Morgan fingerprint density at radius 1 is 1.20 bits per heavy atom. The van der Waals surface area contributed by atoms with E-state index in [0.717, 1.165) is 16.9 Å². The molecule has 2 aromatic rings. The van der Waals surface area contributed by atoms with Crippen molar-refractivity contribution in [2.45, 2.75) is 13.8 Å². The standard InChI is InChI=1S/C14H12N5O/c1-9-13(10(2)20-19-9)14-12(8-15-18-14)17-16-11-6-4-3-5-7-11/h3-7,16H,1-2H3. The zero-order valence-electron chi connectivity index (χ0n) is 11.1. The van der Waals surface area contributed by atoms with Gasteiger partial charge in [-0.2, -0.15) is 5.10 Å². The average Bonchev–Trinajstić information content (AvgIpc) is 3.04. The highest BCUT2D eigenvalue weighted by molar-refractivity contribution is 6.68. The molecule has 0 amide bonds. The maximum atomic E-state index is 5.14. The summed E-state index contributed by atoms with van der Waals surface area (Å²) in [5.41, 5.74) is 6.55. The predicted molar refractivity (Wildman–Crippen MR) is 77.4 cm³/mol. The summed E-state index contributed by atoms with van der Waals surface area (Å²) in [6.45, 7) is 3.69. The lowest BCUT2D eigenvalue weighted by Gasteiger charge is -2.02. The van der Waals surface area contributed by atoms with Crippen molar-refractivity contribution >= 4 is 23.3 Å². The number of hydrogen-bond donors (Lipinski definition) is 1. The number of aromatic nitrogens is 1. The van der Waals surface area contributed by atoms with Crippen LogP contribution >= 0.6 is 0 Å². The largest absolute Gasteiger partial charge is 0.361 e. The van der Waals surface area contributed by atoms with Crippen LogP contribution < -0.4 is 5.43 Å². The third-order valence-electron chi connectivity index (χ3n) is 2.87. The number of nitrogens with zero attached hydrogens (tertiary/aromatic N) is 4. The Morgan fingerprint density at radius 3 is 2.70 bits per heavy atom. The fourth-order valence-corrected chi connectivity index (χ4v) is 1.92. The van der Waals surface area contributed by atoms with Gasteiger partial charge in [0.15, 0.2) is 0 Å². The first-order valence-corrected chi connectivity index (χ1v) is 6.12. The Hall–Kier alpha value is -2.76. The van der Waals surface area contributed by atoms with Crippen LogP contribution in [0.5, 0.6) is 0 Å². The second-order valence-corrected chi connectivity index (χ2v) is 4.30. The first-order valence-electron chi connectivity index (χ1n) is 6.12. The lowest BCUT2D eigenvalue weighted by molar-refractivity contribution is 0.393. The Kier molecular flexibility index (Phi) is 3.12. The lowest BCUT2D eigenvalue weighted by Crippen LogP contribution is -2.16. The van der Waals surface area contributed by atoms with Crippen LogP contribution in [0.3, 0.4) is 0 Å². The van der Waals surface area contributed by atoms with Crippen LogP contribution in [-0.4, -0.2) is 22.8 Å². The van der Waals surface area contributed by atoms with E-state index in [-0.39, 0.29) is 0 Å². The molecule has 0 bridgehead atoms. The maximum absolute atomic E-state index is 5.14. The molecule has 0 spiro atoms. The monoisotopic (exact) mass is 266 g/mol. The van der Waals surface area contributed by atoms with Crippen molar-refractivity contribution in [2.24, 2.45) is 15.3 Å². The number of aryl methyl sites for hydroxylation is 2. The van der Waals surface area contributed by atoms with Crippen molar-refractivity contribution in [3.8, 4) is 0 Å². The van der Waals surface area contributed by atoms with E-state index in [4.69, 9.17) is 4.52 Å². The third-order valence-corrected chi connectivity index (χ3v) is 2.87. The van der Waals surface area contributed by atoms with Crippen LogP contribution in [0.15, 0.2) is 50.2 Å². The summed E-state index contributed by atoms with van der Waals surface area (Å²) in [4.78, 5) is 0. The summed E-state index contributed by atoms with van der Waals surface area (Å²) in [6.07, 6.45) is 2.76.